The Morgan fingerprint density at radius 1 is 1.78 bits per heavy atom. The number of H-pyrrole nitrogens is 1. The van der Waals surface area contributed by atoms with Gasteiger partial charge in [-0.05, 0) is 14.0 Å². The van der Waals surface area contributed by atoms with Crippen LogP contribution in [0.1, 0.15) is 18.8 Å². The van der Waals surface area contributed by atoms with Crippen LogP contribution in [0.2, 0.25) is 0 Å². The second kappa shape index (κ2) is 2.59. The fourth-order valence-corrected chi connectivity index (χ4v) is 0.560. The van der Waals surface area contributed by atoms with Crippen LogP contribution < -0.4 is 5.32 Å². The van der Waals surface area contributed by atoms with Crippen molar-refractivity contribution in [2.45, 2.75) is 13.0 Å². The van der Waals surface area contributed by atoms with E-state index in [4.69, 9.17) is 0 Å². The molecule has 1 aromatic rings. The molecule has 0 aromatic carbocycles. The molecule has 9 heavy (non-hydrogen) atoms. The van der Waals surface area contributed by atoms with Crippen LogP contribution in [-0.4, -0.2) is 22.2 Å². The van der Waals surface area contributed by atoms with E-state index < -0.39 is 0 Å². The summed E-state index contributed by atoms with van der Waals surface area (Å²) in [7, 11) is 1.88. The van der Waals surface area contributed by atoms with Crippen LogP contribution in [0.3, 0.4) is 0 Å². The van der Waals surface area contributed by atoms with Crippen LogP contribution in [0.15, 0.2) is 6.33 Å². The minimum atomic E-state index is 0.257. The van der Waals surface area contributed by atoms with Gasteiger partial charge in [0.1, 0.15) is 12.2 Å². The summed E-state index contributed by atoms with van der Waals surface area (Å²) < 4.78 is 0. The Morgan fingerprint density at radius 3 is 3.00 bits per heavy atom. The number of aromatic amines is 1. The SMILES string of the molecule is CN[C@@H](C)c1ncn[nH]1. The molecule has 0 fully saturated rings. The number of hydrogen-bond donors (Lipinski definition) is 2. The molecule has 0 aliphatic rings. The molecule has 1 aromatic heterocycles. The molecule has 1 rings (SSSR count). The summed E-state index contributed by atoms with van der Waals surface area (Å²) >= 11 is 0. The van der Waals surface area contributed by atoms with Crippen LogP contribution >= 0.6 is 0 Å². The van der Waals surface area contributed by atoms with Gasteiger partial charge in [0, 0.05) is 0 Å². The minimum Gasteiger partial charge on any atom is -0.311 e. The van der Waals surface area contributed by atoms with Gasteiger partial charge in [0.2, 0.25) is 0 Å². The third-order valence-electron chi connectivity index (χ3n) is 1.28. The minimum absolute atomic E-state index is 0.257. The molecule has 0 aliphatic heterocycles. The molecule has 50 valence electrons. The molecule has 0 radical (unpaired) electrons. The lowest BCUT2D eigenvalue weighted by Gasteiger charge is -2.03. The van der Waals surface area contributed by atoms with E-state index in [1.165, 1.54) is 6.33 Å². The van der Waals surface area contributed by atoms with Gasteiger partial charge in [-0.15, -0.1) is 0 Å². The largest absolute Gasteiger partial charge is 0.311 e. The van der Waals surface area contributed by atoms with Crippen molar-refractivity contribution < 1.29 is 0 Å². The molecule has 0 aliphatic carbocycles. The molecule has 0 saturated carbocycles. The van der Waals surface area contributed by atoms with E-state index in [9.17, 15) is 0 Å². The Balaban J connectivity index is 2.65. The lowest BCUT2D eigenvalue weighted by Crippen LogP contribution is -2.13. The van der Waals surface area contributed by atoms with Crippen molar-refractivity contribution in [1.82, 2.24) is 20.5 Å². The predicted octanol–water partition coefficient (Wildman–Crippen LogP) is 0.0851. The Hall–Kier alpha value is -0.900. The van der Waals surface area contributed by atoms with E-state index in [0.717, 1.165) is 5.82 Å². The predicted molar refractivity (Wildman–Crippen MR) is 33.9 cm³/mol. The van der Waals surface area contributed by atoms with Crippen LogP contribution in [-0.2, 0) is 0 Å². The van der Waals surface area contributed by atoms with Crippen molar-refractivity contribution in [2.75, 3.05) is 7.05 Å². The van der Waals surface area contributed by atoms with Gasteiger partial charge in [0.05, 0.1) is 6.04 Å². The second-order valence-corrected chi connectivity index (χ2v) is 1.88. The van der Waals surface area contributed by atoms with Crippen LogP contribution in [0.5, 0.6) is 0 Å². The molecule has 0 amide bonds. The molecule has 4 nitrogen and oxygen atoms in total. The van der Waals surface area contributed by atoms with Gasteiger partial charge in [-0.2, -0.15) is 5.10 Å². The van der Waals surface area contributed by atoms with Gasteiger partial charge in [-0.1, -0.05) is 0 Å². The van der Waals surface area contributed by atoms with E-state index in [-0.39, 0.29) is 6.04 Å². The smallest absolute Gasteiger partial charge is 0.141 e. The first-order chi connectivity index (χ1) is 4.34. The number of rotatable bonds is 2. The van der Waals surface area contributed by atoms with Crippen molar-refractivity contribution >= 4 is 0 Å². The van der Waals surface area contributed by atoms with Crippen molar-refractivity contribution in [3.05, 3.63) is 12.2 Å². The van der Waals surface area contributed by atoms with E-state index in [1.807, 2.05) is 14.0 Å². The fraction of sp³-hybridized carbons (Fsp3) is 0.600. The van der Waals surface area contributed by atoms with Gasteiger partial charge in [-0.25, -0.2) is 4.98 Å². The van der Waals surface area contributed by atoms with Crippen molar-refractivity contribution in [3.8, 4) is 0 Å². The quantitative estimate of drug-likeness (QED) is 0.590. The zero-order valence-electron chi connectivity index (χ0n) is 5.55. The fourth-order valence-electron chi connectivity index (χ4n) is 0.560. The Bertz CT molecular complexity index is 157. The Morgan fingerprint density at radius 2 is 2.56 bits per heavy atom. The molecule has 4 heteroatoms. The topological polar surface area (TPSA) is 53.6 Å². The third kappa shape index (κ3) is 1.26. The molecule has 0 bridgehead atoms. The highest BCUT2D eigenvalue weighted by molar-refractivity contribution is 4.87. The maximum atomic E-state index is 3.96. The highest BCUT2D eigenvalue weighted by Crippen LogP contribution is 2.00. The highest BCUT2D eigenvalue weighted by atomic mass is 15.2. The van der Waals surface area contributed by atoms with Crippen molar-refractivity contribution in [1.29, 1.82) is 0 Å². The number of nitrogens with zero attached hydrogens (tertiary/aromatic N) is 2. The molecule has 2 N–H and O–H groups in total. The van der Waals surface area contributed by atoms with E-state index in [2.05, 4.69) is 20.5 Å². The molecule has 1 atom stereocenters. The summed E-state index contributed by atoms with van der Waals surface area (Å²) in [5.41, 5.74) is 0. The van der Waals surface area contributed by atoms with Gasteiger partial charge in [0.15, 0.2) is 0 Å². The first-order valence-electron chi connectivity index (χ1n) is 2.87. The molecule has 1 heterocycles. The summed E-state index contributed by atoms with van der Waals surface area (Å²) in [6.45, 7) is 2.01. The molecular formula is C5H10N4. The third-order valence-corrected chi connectivity index (χ3v) is 1.28. The van der Waals surface area contributed by atoms with Crippen molar-refractivity contribution in [2.24, 2.45) is 0 Å². The van der Waals surface area contributed by atoms with Crippen LogP contribution in [0.4, 0.5) is 0 Å². The van der Waals surface area contributed by atoms with Gasteiger partial charge >= 0.3 is 0 Å². The number of hydrogen-bond acceptors (Lipinski definition) is 3. The molecule has 0 saturated heterocycles. The average molecular weight is 126 g/mol. The summed E-state index contributed by atoms with van der Waals surface area (Å²) in [4.78, 5) is 3.96. The molecule has 0 spiro atoms. The van der Waals surface area contributed by atoms with Gasteiger partial charge < -0.3 is 5.32 Å². The second-order valence-electron chi connectivity index (χ2n) is 1.88. The summed E-state index contributed by atoms with van der Waals surface area (Å²) in [5.74, 6) is 0.873. The van der Waals surface area contributed by atoms with Crippen molar-refractivity contribution in [3.63, 3.8) is 0 Å². The molecular weight excluding hydrogens is 116 g/mol. The normalized spacial score (nSPS) is 13.6. The first kappa shape index (κ1) is 6.22. The van der Waals surface area contributed by atoms with Gasteiger partial charge in [0.25, 0.3) is 0 Å². The molecule has 0 unspecified atom stereocenters. The Kier molecular flexibility index (Phi) is 1.79. The van der Waals surface area contributed by atoms with Gasteiger partial charge in [-0.3, -0.25) is 5.10 Å². The highest BCUT2D eigenvalue weighted by Gasteiger charge is 2.02. The summed E-state index contributed by atoms with van der Waals surface area (Å²) in [6, 6.07) is 0.257. The standard InChI is InChI=1S/C5H10N4/c1-4(6-2)5-7-3-8-9-5/h3-4,6H,1-2H3,(H,7,8,9)/t4-/m0/s1. The van der Waals surface area contributed by atoms with E-state index >= 15 is 0 Å². The maximum absolute atomic E-state index is 3.96. The van der Waals surface area contributed by atoms with E-state index in [1.54, 1.807) is 0 Å². The average Bonchev–Trinajstić information content (AvgIpc) is 2.37. The summed E-state index contributed by atoms with van der Waals surface area (Å²) in [5, 5.41) is 9.51. The number of nitrogens with one attached hydrogen (secondary N) is 2. The maximum Gasteiger partial charge on any atom is 0.141 e. The Labute approximate surface area is 53.7 Å². The zero-order valence-corrected chi connectivity index (χ0v) is 5.55. The monoisotopic (exact) mass is 126 g/mol. The van der Waals surface area contributed by atoms with E-state index in [0.29, 0.717) is 0 Å². The van der Waals surface area contributed by atoms with Crippen LogP contribution in [0, 0.1) is 0 Å². The lowest BCUT2D eigenvalue weighted by molar-refractivity contribution is 0.613. The number of aromatic nitrogens is 3. The first-order valence-corrected chi connectivity index (χ1v) is 2.87. The summed E-state index contributed by atoms with van der Waals surface area (Å²) in [6.07, 6.45) is 1.50. The lowest BCUT2D eigenvalue weighted by atomic mass is 10.3. The van der Waals surface area contributed by atoms with Crippen LogP contribution in [0.25, 0.3) is 0 Å². The zero-order chi connectivity index (χ0) is 6.69.